The third-order valence-corrected chi connectivity index (χ3v) is 6.65. The average molecular weight is 482 g/mol. The summed E-state index contributed by atoms with van der Waals surface area (Å²) in [6.07, 6.45) is 0. The Morgan fingerprint density at radius 2 is 1.61 bits per heavy atom. The monoisotopic (exact) mass is 481 g/mol. The van der Waals surface area contributed by atoms with Gasteiger partial charge in [-0.3, -0.25) is 4.90 Å². The van der Waals surface area contributed by atoms with Crippen LogP contribution in [0.5, 0.6) is 0 Å². The van der Waals surface area contributed by atoms with Gasteiger partial charge in [0.2, 0.25) is 5.95 Å². The minimum Gasteiger partial charge on any atom is -0.383 e. The molecule has 9 heteroatoms. The molecule has 4 aromatic rings. The van der Waals surface area contributed by atoms with Gasteiger partial charge in [0.1, 0.15) is 5.82 Å². The number of nitrogen functional groups attached to an aromatic ring is 1. The predicted octanol–water partition coefficient (Wildman–Crippen LogP) is 4.90. The minimum absolute atomic E-state index is 0.444. The van der Waals surface area contributed by atoms with Crippen LogP contribution in [-0.2, 0) is 0 Å². The van der Waals surface area contributed by atoms with Crippen LogP contribution in [0.3, 0.4) is 0 Å². The van der Waals surface area contributed by atoms with Crippen molar-refractivity contribution >= 4 is 46.0 Å². The molecule has 0 amide bonds. The highest BCUT2D eigenvalue weighted by molar-refractivity contribution is 6.32. The Kier molecular flexibility index (Phi) is 5.86. The Morgan fingerprint density at radius 1 is 0.909 bits per heavy atom. The van der Waals surface area contributed by atoms with Crippen molar-refractivity contribution in [2.45, 2.75) is 19.9 Å². The lowest BCUT2D eigenvalue weighted by atomic mass is 10.1. The molecular weight excluding hydrogens is 457 g/mol. The van der Waals surface area contributed by atoms with E-state index in [0.717, 1.165) is 37.4 Å². The summed E-state index contributed by atoms with van der Waals surface area (Å²) in [5.41, 5.74) is 9.47. The summed E-state index contributed by atoms with van der Waals surface area (Å²) in [6.45, 7) is 8.08. The predicted molar refractivity (Wildman–Crippen MR) is 135 cm³/mol. The zero-order valence-corrected chi connectivity index (χ0v) is 20.1. The van der Waals surface area contributed by atoms with Gasteiger partial charge >= 0.3 is 0 Å². The summed E-state index contributed by atoms with van der Waals surface area (Å²) in [6, 6.07) is 15.6. The minimum atomic E-state index is 0.444. The van der Waals surface area contributed by atoms with E-state index in [-0.39, 0.29) is 0 Å². The molecule has 0 aliphatic carbocycles. The van der Waals surface area contributed by atoms with E-state index in [0.29, 0.717) is 44.6 Å². The quantitative estimate of drug-likeness (QED) is 0.446. The summed E-state index contributed by atoms with van der Waals surface area (Å²) in [5.74, 6) is 1.10. The number of nitrogens with zero attached hydrogens (tertiary/aromatic N) is 6. The number of piperazine rings is 1. The van der Waals surface area contributed by atoms with Crippen LogP contribution < -0.4 is 10.6 Å². The lowest BCUT2D eigenvalue weighted by molar-refractivity contribution is 0.208. The summed E-state index contributed by atoms with van der Waals surface area (Å²) in [7, 11) is 0. The molecule has 0 radical (unpaired) electrons. The first-order valence-corrected chi connectivity index (χ1v) is 11.7. The van der Waals surface area contributed by atoms with Crippen molar-refractivity contribution in [2.24, 2.45) is 0 Å². The molecule has 170 valence electrons. The van der Waals surface area contributed by atoms with Crippen LogP contribution in [0.1, 0.15) is 13.8 Å². The van der Waals surface area contributed by atoms with Crippen molar-refractivity contribution in [2.75, 3.05) is 36.8 Å². The van der Waals surface area contributed by atoms with Gasteiger partial charge in [-0.15, -0.1) is 5.10 Å². The molecule has 0 spiro atoms. The summed E-state index contributed by atoms with van der Waals surface area (Å²) >= 11 is 12.6. The molecule has 0 saturated carbocycles. The van der Waals surface area contributed by atoms with Crippen LogP contribution in [0.15, 0.2) is 48.5 Å². The third-order valence-electron chi connectivity index (χ3n) is 6.08. The maximum Gasteiger partial charge on any atom is 0.228 e. The largest absolute Gasteiger partial charge is 0.383 e. The van der Waals surface area contributed by atoms with Gasteiger partial charge < -0.3 is 10.6 Å². The maximum atomic E-state index is 6.60. The van der Waals surface area contributed by atoms with E-state index in [1.807, 2.05) is 48.5 Å². The highest BCUT2D eigenvalue weighted by atomic mass is 35.5. The number of benzene rings is 2. The normalized spacial score (nSPS) is 15.0. The second-order valence-electron chi connectivity index (χ2n) is 8.44. The SMILES string of the molecule is CC(C)N1CCN(c2nc(-c3ccc(Cl)cc3)c3c(N)n(-c4ccccc4Cl)nc3n2)CC1. The molecule has 3 heterocycles. The lowest BCUT2D eigenvalue weighted by Crippen LogP contribution is -2.49. The first-order valence-electron chi connectivity index (χ1n) is 11.0. The number of anilines is 2. The van der Waals surface area contributed by atoms with E-state index in [1.54, 1.807) is 4.68 Å². The topological polar surface area (TPSA) is 76.1 Å². The Bertz CT molecular complexity index is 1290. The lowest BCUT2D eigenvalue weighted by Gasteiger charge is -2.36. The van der Waals surface area contributed by atoms with Gasteiger partial charge in [-0.2, -0.15) is 4.98 Å². The van der Waals surface area contributed by atoms with Gasteiger partial charge in [0, 0.05) is 42.8 Å². The summed E-state index contributed by atoms with van der Waals surface area (Å²) in [5, 5.41) is 6.65. The van der Waals surface area contributed by atoms with Crippen LogP contribution in [0.4, 0.5) is 11.8 Å². The number of nitrogens with two attached hydrogens (primary N) is 1. The molecule has 0 bridgehead atoms. The molecule has 1 saturated heterocycles. The molecule has 2 aromatic carbocycles. The fourth-order valence-corrected chi connectivity index (χ4v) is 4.55. The van der Waals surface area contributed by atoms with Gasteiger partial charge in [0.15, 0.2) is 5.65 Å². The molecule has 1 fully saturated rings. The Balaban J connectivity index is 1.66. The van der Waals surface area contributed by atoms with Crippen molar-refractivity contribution in [3.63, 3.8) is 0 Å². The fourth-order valence-electron chi connectivity index (χ4n) is 4.20. The molecule has 2 N–H and O–H groups in total. The second-order valence-corrected chi connectivity index (χ2v) is 9.29. The van der Waals surface area contributed by atoms with Crippen molar-refractivity contribution in [1.82, 2.24) is 24.6 Å². The average Bonchev–Trinajstić information content (AvgIpc) is 3.15. The number of aromatic nitrogens is 4. The van der Waals surface area contributed by atoms with Crippen LogP contribution in [0.25, 0.3) is 28.0 Å². The van der Waals surface area contributed by atoms with E-state index in [9.17, 15) is 0 Å². The van der Waals surface area contributed by atoms with Crippen molar-refractivity contribution < 1.29 is 0 Å². The highest BCUT2D eigenvalue weighted by Gasteiger charge is 2.25. The van der Waals surface area contributed by atoms with Crippen molar-refractivity contribution in [3.8, 4) is 16.9 Å². The standard InChI is InChI=1S/C24H25Cl2N7/c1-15(2)31-11-13-32(14-12-31)24-28-21(16-7-9-17(25)10-8-16)20-22(27)33(30-23(20)29-24)19-6-4-3-5-18(19)26/h3-10,15H,11-14,27H2,1-2H3. The van der Waals surface area contributed by atoms with E-state index in [4.69, 9.17) is 44.0 Å². The van der Waals surface area contributed by atoms with Crippen LogP contribution in [0.2, 0.25) is 10.0 Å². The summed E-state index contributed by atoms with van der Waals surface area (Å²) in [4.78, 5) is 14.5. The molecule has 2 aromatic heterocycles. The molecule has 0 atom stereocenters. The summed E-state index contributed by atoms with van der Waals surface area (Å²) < 4.78 is 1.64. The zero-order chi connectivity index (χ0) is 23.1. The Hall–Kier alpha value is -2.87. The first kappa shape index (κ1) is 21.9. The van der Waals surface area contributed by atoms with Gasteiger partial charge in [0.05, 0.1) is 21.8 Å². The number of para-hydroxylation sites is 1. The van der Waals surface area contributed by atoms with Crippen molar-refractivity contribution in [3.05, 3.63) is 58.6 Å². The first-order chi connectivity index (χ1) is 15.9. The van der Waals surface area contributed by atoms with Gasteiger partial charge in [-0.05, 0) is 38.1 Å². The number of halogens is 2. The highest BCUT2D eigenvalue weighted by Crippen LogP contribution is 2.35. The Morgan fingerprint density at radius 3 is 2.27 bits per heavy atom. The van der Waals surface area contributed by atoms with Crippen LogP contribution >= 0.6 is 23.2 Å². The number of rotatable bonds is 4. The maximum absolute atomic E-state index is 6.60. The molecule has 1 aliphatic rings. The van der Waals surface area contributed by atoms with E-state index >= 15 is 0 Å². The van der Waals surface area contributed by atoms with Gasteiger partial charge in [-0.1, -0.05) is 47.5 Å². The van der Waals surface area contributed by atoms with E-state index in [1.165, 1.54) is 0 Å². The van der Waals surface area contributed by atoms with Gasteiger partial charge in [-0.25, -0.2) is 9.67 Å². The fraction of sp³-hybridized carbons (Fsp3) is 0.292. The van der Waals surface area contributed by atoms with Crippen LogP contribution in [-0.4, -0.2) is 56.9 Å². The number of fused-ring (bicyclic) bond motifs is 1. The molecule has 5 rings (SSSR count). The molecule has 0 unspecified atom stereocenters. The molecule has 33 heavy (non-hydrogen) atoms. The smallest absolute Gasteiger partial charge is 0.228 e. The van der Waals surface area contributed by atoms with Crippen LogP contribution in [0, 0.1) is 0 Å². The van der Waals surface area contributed by atoms with Gasteiger partial charge in [0.25, 0.3) is 0 Å². The molecule has 7 nitrogen and oxygen atoms in total. The van der Waals surface area contributed by atoms with E-state index in [2.05, 4.69) is 23.6 Å². The second kappa shape index (κ2) is 8.82. The van der Waals surface area contributed by atoms with Crippen molar-refractivity contribution in [1.29, 1.82) is 0 Å². The third kappa shape index (κ3) is 4.12. The molecular formula is C24H25Cl2N7. The Labute approximate surface area is 202 Å². The number of hydrogen-bond acceptors (Lipinski definition) is 6. The number of hydrogen-bond donors (Lipinski definition) is 1. The zero-order valence-electron chi connectivity index (χ0n) is 18.5. The van der Waals surface area contributed by atoms with E-state index < -0.39 is 0 Å². The molecule has 1 aliphatic heterocycles.